The number of nitrogens with one attached hydrogen (secondary N) is 2. The molecule has 2 N–H and O–H groups in total. The number of imidazole rings is 1. The molecule has 0 spiro atoms. The summed E-state index contributed by atoms with van der Waals surface area (Å²) in [5.41, 5.74) is 0.556. The quantitative estimate of drug-likeness (QED) is 0.778. The van der Waals surface area contributed by atoms with Crippen LogP contribution in [0.4, 0.5) is 5.69 Å². The summed E-state index contributed by atoms with van der Waals surface area (Å²) in [6.07, 6.45) is 2.00. The Morgan fingerprint density at radius 1 is 1.14 bits per heavy atom. The Kier molecular flexibility index (Phi) is 3.39. The number of hydrogen-bond acceptors (Lipinski definition) is 3. The highest BCUT2D eigenvalue weighted by atomic mass is 32.2. The molecule has 0 atom stereocenters. The molecule has 21 heavy (non-hydrogen) atoms. The second kappa shape index (κ2) is 5.21. The highest BCUT2D eigenvalue weighted by Gasteiger charge is 2.18. The summed E-state index contributed by atoms with van der Waals surface area (Å²) in [5, 5.41) is 1.92. The number of benzene rings is 2. The first-order chi connectivity index (χ1) is 10.1. The smallest absolute Gasteiger partial charge is 0.279 e. The fraction of sp³-hybridized carbons (Fsp3) is 0.133. The van der Waals surface area contributed by atoms with E-state index in [2.05, 4.69) is 14.7 Å². The predicted octanol–water partition coefficient (Wildman–Crippen LogP) is 2.93. The van der Waals surface area contributed by atoms with Crippen molar-refractivity contribution in [2.75, 3.05) is 4.72 Å². The first kappa shape index (κ1) is 13.6. The minimum absolute atomic E-state index is 0.0762. The maximum Gasteiger partial charge on any atom is 0.279 e. The van der Waals surface area contributed by atoms with Crippen molar-refractivity contribution in [1.29, 1.82) is 0 Å². The van der Waals surface area contributed by atoms with E-state index in [9.17, 15) is 8.42 Å². The molecule has 0 bridgehead atoms. The summed E-state index contributed by atoms with van der Waals surface area (Å²) >= 11 is 0. The topological polar surface area (TPSA) is 74.8 Å². The molecule has 3 aromatic rings. The molecule has 0 aliphatic rings. The lowest BCUT2D eigenvalue weighted by atomic mass is 10.1. The number of nitrogens with zero attached hydrogens (tertiary/aromatic N) is 1. The zero-order valence-electron chi connectivity index (χ0n) is 11.5. The van der Waals surface area contributed by atoms with Crippen LogP contribution in [0.3, 0.4) is 0 Å². The number of hydrogen-bond donors (Lipinski definition) is 2. The van der Waals surface area contributed by atoms with Gasteiger partial charge in [-0.3, -0.25) is 4.72 Å². The molecule has 0 amide bonds. The number of aryl methyl sites for hydroxylation is 1. The maximum atomic E-state index is 12.4. The highest BCUT2D eigenvalue weighted by Crippen LogP contribution is 2.25. The minimum atomic E-state index is -3.66. The van der Waals surface area contributed by atoms with Crippen LogP contribution in [0, 0.1) is 0 Å². The first-order valence-electron chi connectivity index (χ1n) is 6.64. The largest absolute Gasteiger partial charge is 0.332 e. The third-order valence-electron chi connectivity index (χ3n) is 3.26. The molecule has 6 heteroatoms. The van der Waals surface area contributed by atoms with Gasteiger partial charge in [-0.2, -0.15) is 8.42 Å². The van der Waals surface area contributed by atoms with Crippen molar-refractivity contribution >= 4 is 26.5 Å². The Morgan fingerprint density at radius 2 is 1.90 bits per heavy atom. The van der Waals surface area contributed by atoms with E-state index in [0.717, 1.165) is 10.8 Å². The van der Waals surface area contributed by atoms with Gasteiger partial charge in [0.2, 0.25) is 0 Å². The number of aromatic amines is 1. The summed E-state index contributed by atoms with van der Waals surface area (Å²) in [6, 6.07) is 13.1. The maximum absolute atomic E-state index is 12.4. The number of H-pyrrole nitrogens is 1. The zero-order valence-corrected chi connectivity index (χ0v) is 12.3. The van der Waals surface area contributed by atoms with Crippen LogP contribution in [-0.4, -0.2) is 18.4 Å². The molecular weight excluding hydrogens is 286 g/mol. The second-order valence-corrected chi connectivity index (χ2v) is 6.33. The minimum Gasteiger partial charge on any atom is -0.332 e. The van der Waals surface area contributed by atoms with Crippen molar-refractivity contribution in [2.24, 2.45) is 0 Å². The van der Waals surface area contributed by atoms with Crippen molar-refractivity contribution in [1.82, 2.24) is 9.97 Å². The van der Waals surface area contributed by atoms with Gasteiger partial charge >= 0.3 is 0 Å². The lowest BCUT2D eigenvalue weighted by molar-refractivity contribution is 0.598. The van der Waals surface area contributed by atoms with Crippen LogP contribution in [0.25, 0.3) is 10.8 Å². The van der Waals surface area contributed by atoms with Crippen molar-refractivity contribution in [2.45, 2.75) is 18.4 Å². The second-order valence-electron chi connectivity index (χ2n) is 4.68. The van der Waals surface area contributed by atoms with E-state index in [1.165, 1.54) is 6.20 Å². The van der Waals surface area contributed by atoms with E-state index in [4.69, 9.17) is 0 Å². The first-order valence-corrected chi connectivity index (χ1v) is 8.13. The summed E-state index contributed by atoms with van der Waals surface area (Å²) in [6.45, 7) is 1.91. The van der Waals surface area contributed by atoms with E-state index >= 15 is 0 Å². The van der Waals surface area contributed by atoms with Gasteiger partial charge in [0.25, 0.3) is 10.0 Å². The average molecular weight is 301 g/mol. The molecule has 0 radical (unpaired) electrons. The molecule has 0 aliphatic carbocycles. The van der Waals surface area contributed by atoms with E-state index in [1.54, 1.807) is 6.07 Å². The molecule has 1 aromatic heterocycles. The van der Waals surface area contributed by atoms with Crippen LogP contribution in [0.2, 0.25) is 0 Å². The molecule has 108 valence electrons. The predicted molar refractivity (Wildman–Crippen MR) is 82.7 cm³/mol. The third-order valence-corrected chi connectivity index (χ3v) is 4.54. The van der Waals surface area contributed by atoms with Gasteiger partial charge in [-0.15, -0.1) is 0 Å². The number of aromatic nitrogens is 2. The van der Waals surface area contributed by atoms with Crippen LogP contribution in [0.15, 0.2) is 53.7 Å². The fourth-order valence-electron chi connectivity index (χ4n) is 2.17. The van der Waals surface area contributed by atoms with Crippen molar-refractivity contribution < 1.29 is 8.42 Å². The molecule has 3 rings (SSSR count). The number of sulfonamides is 1. The van der Waals surface area contributed by atoms with Gasteiger partial charge in [0.05, 0.1) is 11.9 Å². The van der Waals surface area contributed by atoms with Gasteiger partial charge in [0, 0.05) is 11.8 Å². The SMILES string of the molecule is CCc1ncc(S(=O)(=O)Nc2cccc3ccccc23)[nH]1. The Labute approximate surface area is 123 Å². The van der Waals surface area contributed by atoms with Crippen LogP contribution >= 0.6 is 0 Å². The van der Waals surface area contributed by atoms with Crippen LogP contribution in [-0.2, 0) is 16.4 Å². The average Bonchev–Trinajstić information content (AvgIpc) is 2.97. The summed E-state index contributed by atoms with van der Waals surface area (Å²) in [4.78, 5) is 6.84. The van der Waals surface area contributed by atoms with E-state index in [0.29, 0.717) is 17.9 Å². The standard InChI is InChI=1S/C15H15N3O2S/c1-2-14-16-10-15(17-14)21(19,20)18-13-9-5-7-11-6-3-4-8-12(11)13/h3-10,18H,2H2,1H3,(H,16,17). The zero-order chi connectivity index (χ0) is 14.9. The normalized spacial score (nSPS) is 11.7. The van der Waals surface area contributed by atoms with Crippen LogP contribution in [0.1, 0.15) is 12.7 Å². The Bertz CT molecular complexity index is 879. The Morgan fingerprint density at radius 3 is 2.67 bits per heavy atom. The number of anilines is 1. The van der Waals surface area contributed by atoms with E-state index in [-0.39, 0.29) is 5.03 Å². The summed E-state index contributed by atoms with van der Waals surface area (Å²) in [5.74, 6) is 0.647. The Balaban J connectivity index is 2.01. The molecule has 2 aromatic carbocycles. The van der Waals surface area contributed by atoms with Gasteiger partial charge in [0.15, 0.2) is 5.03 Å². The van der Waals surface area contributed by atoms with Gasteiger partial charge < -0.3 is 4.98 Å². The molecule has 0 fully saturated rings. The van der Waals surface area contributed by atoms with E-state index < -0.39 is 10.0 Å². The molecule has 5 nitrogen and oxygen atoms in total. The number of rotatable bonds is 4. The molecule has 0 saturated heterocycles. The lowest BCUT2D eigenvalue weighted by Gasteiger charge is -2.09. The summed E-state index contributed by atoms with van der Waals surface area (Å²) < 4.78 is 27.4. The molecule has 1 heterocycles. The molecule has 0 unspecified atom stereocenters. The van der Waals surface area contributed by atoms with Gasteiger partial charge in [0.1, 0.15) is 5.82 Å². The molecule has 0 saturated carbocycles. The van der Waals surface area contributed by atoms with Crippen molar-refractivity contribution in [3.8, 4) is 0 Å². The van der Waals surface area contributed by atoms with Gasteiger partial charge in [-0.05, 0) is 11.5 Å². The third kappa shape index (κ3) is 2.62. The lowest BCUT2D eigenvalue weighted by Crippen LogP contribution is -2.13. The van der Waals surface area contributed by atoms with Crippen LogP contribution < -0.4 is 4.72 Å². The van der Waals surface area contributed by atoms with E-state index in [1.807, 2.05) is 43.3 Å². The molecule has 0 aliphatic heterocycles. The Hall–Kier alpha value is -2.34. The van der Waals surface area contributed by atoms with Crippen molar-refractivity contribution in [3.05, 3.63) is 54.5 Å². The number of fused-ring (bicyclic) bond motifs is 1. The monoisotopic (exact) mass is 301 g/mol. The highest BCUT2D eigenvalue weighted by molar-refractivity contribution is 7.92. The van der Waals surface area contributed by atoms with Gasteiger partial charge in [-0.25, -0.2) is 4.98 Å². The fourth-order valence-corrected chi connectivity index (χ4v) is 3.19. The van der Waals surface area contributed by atoms with Crippen molar-refractivity contribution in [3.63, 3.8) is 0 Å². The van der Waals surface area contributed by atoms with Gasteiger partial charge in [-0.1, -0.05) is 43.3 Å². The molecular formula is C15H15N3O2S. The van der Waals surface area contributed by atoms with Crippen LogP contribution in [0.5, 0.6) is 0 Å². The summed E-state index contributed by atoms with van der Waals surface area (Å²) in [7, 11) is -3.66.